The van der Waals surface area contributed by atoms with Gasteiger partial charge in [-0.1, -0.05) is 58.5 Å². The minimum absolute atomic E-state index is 0.00480. The van der Waals surface area contributed by atoms with E-state index >= 15 is 0 Å². The van der Waals surface area contributed by atoms with Gasteiger partial charge < -0.3 is 9.73 Å². The molecule has 0 aliphatic carbocycles. The van der Waals surface area contributed by atoms with Crippen LogP contribution in [-0.4, -0.2) is 11.7 Å². The Hall–Kier alpha value is -2.54. The van der Waals surface area contributed by atoms with Crippen molar-refractivity contribution in [2.45, 2.75) is 0 Å². The number of para-hydroxylation sites is 1. The highest BCUT2D eigenvalue weighted by molar-refractivity contribution is 7.21. The normalized spacial score (nSPS) is 11.3. The molecule has 5 rings (SSSR count). The average molecular weight is 535 g/mol. The number of hydrogen-bond acceptors (Lipinski definition) is 4. The Morgan fingerprint density at radius 1 is 0.879 bits per heavy atom. The molecule has 0 aliphatic rings. The number of ketones is 1. The number of amides is 1. The molecule has 0 radical (unpaired) electrons. The third-order valence-electron chi connectivity index (χ3n) is 5.00. The molecule has 0 bridgehead atoms. The Morgan fingerprint density at radius 2 is 1.61 bits per heavy atom. The first-order valence-corrected chi connectivity index (χ1v) is 11.9. The van der Waals surface area contributed by atoms with Crippen molar-refractivity contribution in [3.05, 3.63) is 97.0 Å². The summed E-state index contributed by atoms with van der Waals surface area (Å²) in [6, 6.07) is 16.7. The molecule has 0 saturated heterocycles. The number of rotatable bonds is 4. The quantitative estimate of drug-likeness (QED) is 0.234. The Kier molecular flexibility index (Phi) is 5.85. The lowest BCUT2D eigenvalue weighted by molar-refractivity contribution is 0.101. The van der Waals surface area contributed by atoms with E-state index in [1.807, 2.05) is 0 Å². The third kappa shape index (κ3) is 4.01. The van der Waals surface area contributed by atoms with E-state index in [0.717, 1.165) is 11.3 Å². The summed E-state index contributed by atoms with van der Waals surface area (Å²) in [6.45, 7) is 0. The van der Waals surface area contributed by atoms with Crippen molar-refractivity contribution in [2.75, 3.05) is 5.32 Å². The number of thiophene rings is 1. The summed E-state index contributed by atoms with van der Waals surface area (Å²) in [7, 11) is 0. The first-order valence-electron chi connectivity index (χ1n) is 9.53. The number of fused-ring (bicyclic) bond motifs is 2. The van der Waals surface area contributed by atoms with E-state index in [4.69, 9.17) is 50.8 Å². The summed E-state index contributed by atoms with van der Waals surface area (Å²) < 4.78 is 6.52. The Balaban J connectivity index is 1.60. The van der Waals surface area contributed by atoms with Crippen molar-refractivity contribution in [2.24, 2.45) is 0 Å². The predicted molar refractivity (Wildman–Crippen MR) is 136 cm³/mol. The monoisotopic (exact) mass is 533 g/mol. The fourth-order valence-electron chi connectivity index (χ4n) is 3.49. The summed E-state index contributed by atoms with van der Waals surface area (Å²) in [5, 5.41) is 5.46. The molecular weight excluding hydrogens is 524 g/mol. The molecule has 3 aromatic carbocycles. The van der Waals surface area contributed by atoms with Crippen LogP contribution >= 0.6 is 57.7 Å². The first-order chi connectivity index (χ1) is 15.8. The molecule has 0 fully saturated rings. The molecule has 0 atom stereocenters. The number of halogens is 4. The summed E-state index contributed by atoms with van der Waals surface area (Å²) in [5.41, 5.74) is 1.09. The van der Waals surface area contributed by atoms with Gasteiger partial charge in [0.2, 0.25) is 5.78 Å². The molecular formula is C24H11Cl4NO3S. The van der Waals surface area contributed by atoms with Crippen LogP contribution in [0, 0.1) is 0 Å². The largest absolute Gasteiger partial charge is 0.450 e. The van der Waals surface area contributed by atoms with Gasteiger partial charge in [0.15, 0.2) is 5.76 Å². The lowest BCUT2D eigenvalue weighted by Gasteiger charge is -2.06. The molecule has 164 valence electrons. The molecule has 0 aliphatic heterocycles. The molecule has 1 N–H and O–H groups in total. The van der Waals surface area contributed by atoms with Crippen molar-refractivity contribution in [1.82, 2.24) is 0 Å². The number of benzene rings is 3. The molecule has 0 saturated carbocycles. The van der Waals surface area contributed by atoms with Gasteiger partial charge in [0.1, 0.15) is 10.5 Å². The highest BCUT2D eigenvalue weighted by Crippen LogP contribution is 2.42. The number of anilines is 1. The fourth-order valence-corrected chi connectivity index (χ4v) is 5.89. The van der Waals surface area contributed by atoms with Crippen LogP contribution in [0.15, 0.2) is 65.1 Å². The van der Waals surface area contributed by atoms with Crippen molar-refractivity contribution >= 4 is 96.2 Å². The van der Waals surface area contributed by atoms with Gasteiger partial charge >= 0.3 is 0 Å². The van der Waals surface area contributed by atoms with E-state index in [1.54, 1.807) is 60.7 Å². The zero-order valence-electron chi connectivity index (χ0n) is 16.4. The Morgan fingerprint density at radius 3 is 2.36 bits per heavy atom. The molecule has 0 spiro atoms. The van der Waals surface area contributed by atoms with Gasteiger partial charge in [-0.05, 0) is 48.5 Å². The predicted octanol–water partition coefficient (Wildman–Crippen LogP) is 8.74. The van der Waals surface area contributed by atoms with E-state index in [0.29, 0.717) is 41.7 Å². The number of carbonyl (C=O) groups excluding carboxylic acids is 2. The third-order valence-corrected chi connectivity index (χ3v) is 7.40. The second-order valence-corrected chi connectivity index (χ2v) is 9.81. The smallest absolute Gasteiger partial charge is 0.267 e. The highest BCUT2D eigenvalue weighted by Gasteiger charge is 2.26. The van der Waals surface area contributed by atoms with E-state index in [-0.39, 0.29) is 21.3 Å². The Bertz CT molecular complexity index is 1570. The molecule has 1 amide bonds. The van der Waals surface area contributed by atoms with Gasteiger partial charge in [0.05, 0.1) is 15.7 Å². The van der Waals surface area contributed by atoms with E-state index in [9.17, 15) is 9.59 Å². The van der Waals surface area contributed by atoms with Gasteiger partial charge in [0, 0.05) is 31.1 Å². The van der Waals surface area contributed by atoms with E-state index < -0.39 is 11.7 Å². The van der Waals surface area contributed by atoms with Crippen LogP contribution in [0.2, 0.25) is 20.1 Å². The SMILES string of the molecule is O=C(c1ccc(Cl)cc1)c1oc2ccccc2c1NC(=O)c1sc2cc(Cl)cc(Cl)c2c1Cl. The molecule has 4 nitrogen and oxygen atoms in total. The second-order valence-electron chi connectivity index (χ2n) is 7.10. The molecule has 9 heteroatoms. The summed E-state index contributed by atoms with van der Waals surface area (Å²) >= 11 is 26.0. The fraction of sp³-hybridized carbons (Fsp3) is 0. The van der Waals surface area contributed by atoms with Crippen LogP contribution in [0.25, 0.3) is 21.1 Å². The lowest BCUT2D eigenvalue weighted by atomic mass is 10.1. The van der Waals surface area contributed by atoms with Crippen LogP contribution in [0.1, 0.15) is 25.8 Å². The van der Waals surface area contributed by atoms with Gasteiger partial charge in [-0.2, -0.15) is 0 Å². The van der Waals surface area contributed by atoms with Crippen molar-refractivity contribution in [1.29, 1.82) is 0 Å². The van der Waals surface area contributed by atoms with Gasteiger partial charge in [-0.25, -0.2) is 0 Å². The molecule has 33 heavy (non-hydrogen) atoms. The topological polar surface area (TPSA) is 59.3 Å². The number of furan rings is 1. The van der Waals surface area contributed by atoms with Crippen LogP contribution in [0.4, 0.5) is 5.69 Å². The zero-order valence-corrected chi connectivity index (χ0v) is 20.3. The van der Waals surface area contributed by atoms with Crippen LogP contribution < -0.4 is 5.32 Å². The Labute approximate surface area is 211 Å². The summed E-state index contributed by atoms with van der Waals surface area (Å²) in [5.74, 6) is -0.884. The van der Waals surface area contributed by atoms with Crippen LogP contribution in [0.3, 0.4) is 0 Å². The van der Waals surface area contributed by atoms with Crippen molar-refractivity contribution in [3.8, 4) is 0 Å². The van der Waals surface area contributed by atoms with Crippen molar-refractivity contribution < 1.29 is 14.0 Å². The maximum Gasteiger partial charge on any atom is 0.267 e. The summed E-state index contributed by atoms with van der Waals surface area (Å²) in [6.07, 6.45) is 0. The average Bonchev–Trinajstić information content (AvgIpc) is 3.31. The highest BCUT2D eigenvalue weighted by atomic mass is 35.5. The van der Waals surface area contributed by atoms with E-state index in [2.05, 4.69) is 5.32 Å². The van der Waals surface area contributed by atoms with E-state index in [1.165, 1.54) is 0 Å². The van der Waals surface area contributed by atoms with Crippen LogP contribution in [0.5, 0.6) is 0 Å². The first kappa shape index (κ1) is 22.3. The second kappa shape index (κ2) is 8.67. The molecule has 0 unspecified atom stereocenters. The minimum atomic E-state index is -0.495. The molecule has 5 aromatic rings. The summed E-state index contributed by atoms with van der Waals surface area (Å²) in [4.78, 5) is 26.7. The minimum Gasteiger partial charge on any atom is -0.450 e. The van der Waals surface area contributed by atoms with Gasteiger partial charge in [0.25, 0.3) is 5.91 Å². The number of carbonyl (C=O) groups is 2. The standard InChI is InChI=1S/C24H11Cl4NO3S/c25-12-7-5-11(6-8-12)21(30)22-20(14-3-1-2-4-16(14)32-22)29-24(31)23-19(28)18-15(27)9-13(26)10-17(18)33-23/h1-10H,(H,29,31). The number of nitrogens with one attached hydrogen (secondary N) is 1. The molecule has 2 heterocycles. The number of hydrogen-bond donors (Lipinski definition) is 1. The molecule has 2 aromatic heterocycles. The van der Waals surface area contributed by atoms with Crippen molar-refractivity contribution in [3.63, 3.8) is 0 Å². The lowest BCUT2D eigenvalue weighted by Crippen LogP contribution is -2.13. The van der Waals surface area contributed by atoms with Gasteiger partial charge in [-0.3, -0.25) is 9.59 Å². The van der Waals surface area contributed by atoms with Gasteiger partial charge in [-0.15, -0.1) is 11.3 Å². The maximum absolute atomic E-state index is 13.3. The maximum atomic E-state index is 13.3. The zero-order chi connectivity index (χ0) is 23.3. The van der Waals surface area contributed by atoms with Crippen LogP contribution in [-0.2, 0) is 0 Å².